The van der Waals surface area contributed by atoms with Gasteiger partial charge in [-0.2, -0.15) is 0 Å². The average Bonchev–Trinajstić information content (AvgIpc) is 3.13. The Morgan fingerprint density at radius 1 is 1.08 bits per heavy atom. The number of hydrogen-bond acceptors (Lipinski definition) is 4. The van der Waals surface area contributed by atoms with Crippen molar-refractivity contribution in [2.24, 2.45) is 0 Å². The summed E-state index contributed by atoms with van der Waals surface area (Å²) in [7, 11) is 8.03. The minimum Gasteiger partial charge on any atom is -0.467 e. The quantitative estimate of drug-likeness (QED) is 0.607. The van der Waals surface area contributed by atoms with Crippen LogP contribution in [-0.2, 0) is 16.1 Å². The molecule has 0 aliphatic heterocycles. The number of hydrogen-bond donors (Lipinski definition) is 3. The SMILES string of the molecule is CN(C)c1ccc([C@H](CNC(=O)C(=O)NCc2ccco2)[NH+](C)C)cc1. The lowest BCUT2D eigenvalue weighted by atomic mass is 10.1. The fourth-order valence-electron chi connectivity index (χ4n) is 2.60. The fraction of sp³-hybridized carbons (Fsp3) is 0.368. The van der Waals surface area contributed by atoms with E-state index in [1.807, 2.05) is 45.2 Å². The van der Waals surface area contributed by atoms with E-state index in [9.17, 15) is 9.59 Å². The Hall–Kier alpha value is -2.80. The van der Waals surface area contributed by atoms with Gasteiger partial charge in [0.1, 0.15) is 11.8 Å². The molecule has 1 aromatic carbocycles. The van der Waals surface area contributed by atoms with Gasteiger partial charge in [0, 0.05) is 25.3 Å². The summed E-state index contributed by atoms with van der Waals surface area (Å²) in [6.45, 7) is 0.560. The van der Waals surface area contributed by atoms with E-state index in [2.05, 4.69) is 22.8 Å². The number of amides is 2. The number of anilines is 1. The summed E-state index contributed by atoms with van der Waals surface area (Å²) in [6.07, 6.45) is 1.52. The van der Waals surface area contributed by atoms with Crippen LogP contribution >= 0.6 is 0 Å². The first kappa shape index (κ1) is 19.5. The monoisotopic (exact) mass is 359 g/mol. The maximum absolute atomic E-state index is 12.0. The highest BCUT2D eigenvalue weighted by Gasteiger charge is 2.21. The molecule has 0 radical (unpaired) electrons. The van der Waals surface area contributed by atoms with Gasteiger partial charge in [0.25, 0.3) is 0 Å². The van der Waals surface area contributed by atoms with Crippen molar-refractivity contribution in [3.8, 4) is 0 Å². The predicted octanol–water partition coefficient (Wildman–Crippen LogP) is -0.0362. The Labute approximate surface area is 154 Å². The summed E-state index contributed by atoms with van der Waals surface area (Å²) in [5, 5.41) is 5.26. The molecule has 0 fully saturated rings. The van der Waals surface area contributed by atoms with E-state index in [1.165, 1.54) is 11.2 Å². The topological polar surface area (TPSA) is 79.0 Å². The summed E-state index contributed by atoms with van der Waals surface area (Å²) < 4.78 is 5.12. The van der Waals surface area contributed by atoms with Gasteiger partial charge in [-0.05, 0) is 24.3 Å². The van der Waals surface area contributed by atoms with E-state index >= 15 is 0 Å². The van der Waals surface area contributed by atoms with Gasteiger partial charge in [-0.15, -0.1) is 0 Å². The zero-order valence-corrected chi connectivity index (χ0v) is 15.7. The van der Waals surface area contributed by atoms with Gasteiger partial charge in [-0.25, -0.2) is 0 Å². The van der Waals surface area contributed by atoms with Crippen LogP contribution in [0.1, 0.15) is 17.4 Å². The first-order valence-electron chi connectivity index (χ1n) is 8.54. The molecule has 1 aromatic heterocycles. The van der Waals surface area contributed by atoms with Gasteiger partial charge in [0.15, 0.2) is 0 Å². The van der Waals surface area contributed by atoms with Crippen molar-refractivity contribution >= 4 is 17.5 Å². The van der Waals surface area contributed by atoms with Crippen LogP contribution < -0.4 is 20.4 Å². The van der Waals surface area contributed by atoms with Crippen molar-refractivity contribution < 1.29 is 18.9 Å². The number of carbonyl (C=O) groups is 2. The molecule has 0 aliphatic rings. The molecule has 0 saturated carbocycles. The van der Waals surface area contributed by atoms with Gasteiger partial charge in [-0.3, -0.25) is 9.59 Å². The van der Waals surface area contributed by atoms with Crippen LogP contribution in [0, 0.1) is 0 Å². The highest BCUT2D eigenvalue weighted by Crippen LogP contribution is 2.16. The molecule has 0 aliphatic carbocycles. The number of carbonyl (C=O) groups excluding carboxylic acids is 2. The van der Waals surface area contributed by atoms with Crippen LogP contribution in [0.5, 0.6) is 0 Å². The number of furan rings is 1. The maximum atomic E-state index is 12.0. The van der Waals surface area contributed by atoms with Crippen molar-refractivity contribution in [1.29, 1.82) is 0 Å². The number of benzene rings is 1. The molecular formula is C19H27N4O3+. The summed E-state index contributed by atoms with van der Waals surface area (Å²) in [5.74, 6) is -0.715. The maximum Gasteiger partial charge on any atom is 0.309 e. The normalized spacial score (nSPS) is 11.9. The van der Waals surface area contributed by atoms with Crippen LogP contribution in [0.4, 0.5) is 5.69 Å². The molecule has 0 unspecified atom stereocenters. The first-order chi connectivity index (χ1) is 12.4. The molecule has 2 amide bonds. The second-order valence-corrected chi connectivity index (χ2v) is 6.59. The van der Waals surface area contributed by atoms with Crippen molar-refractivity contribution in [3.63, 3.8) is 0 Å². The van der Waals surface area contributed by atoms with Crippen LogP contribution in [-0.4, -0.2) is 46.5 Å². The third kappa shape index (κ3) is 5.35. The van der Waals surface area contributed by atoms with Crippen molar-refractivity contribution in [2.45, 2.75) is 12.6 Å². The van der Waals surface area contributed by atoms with Gasteiger partial charge in [-0.1, -0.05) is 12.1 Å². The van der Waals surface area contributed by atoms with Crippen molar-refractivity contribution in [1.82, 2.24) is 10.6 Å². The zero-order valence-electron chi connectivity index (χ0n) is 15.7. The molecule has 7 nitrogen and oxygen atoms in total. The lowest BCUT2D eigenvalue weighted by molar-refractivity contribution is -0.890. The summed E-state index contributed by atoms with van der Waals surface area (Å²) in [5.41, 5.74) is 2.22. The Bertz CT molecular complexity index is 709. The molecule has 26 heavy (non-hydrogen) atoms. The Morgan fingerprint density at radius 3 is 2.27 bits per heavy atom. The smallest absolute Gasteiger partial charge is 0.309 e. The highest BCUT2D eigenvalue weighted by molar-refractivity contribution is 6.35. The number of likely N-dealkylation sites (N-methyl/N-ethyl adjacent to an activating group) is 1. The highest BCUT2D eigenvalue weighted by atomic mass is 16.3. The fourth-order valence-corrected chi connectivity index (χ4v) is 2.60. The summed E-state index contributed by atoms with van der Waals surface area (Å²) >= 11 is 0. The first-order valence-corrected chi connectivity index (χ1v) is 8.54. The number of nitrogens with zero attached hydrogens (tertiary/aromatic N) is 1. The lowest BCUT2D eigenvalue weighted by Gasteiger charge is -2.23. The molecule has 0 bridgehead atoms. The van der Waals surface area contributed by atoms with Gasteiger partial charge in [0.2, 0.25) is 0 Å². The molecule has 1 atom stereocenters. The van der Waals surface area contributed by atoms with E-state index in [1.54, 1.807) is 12.1 Å². The third-order valence-corrected chi connectivity index (χ3v) is 4.19. The Kier molecular flexibility index (Phi) is 6.80. The number of quaternary nitrogens is 1. The van der Waals surface area contributed by atoms with Gasteiger partial charge < -0.3 is 24.9 Å². The van der Waals surface area contributed by atoms with Gasteiger partial charge >= 0.3 is 11.8 Å². The third-order valence-electron chi connectivity index (χ3n) is 4.19. The number of nitrogens with one attached hydrogen (secondary N) is 3. The van der Waals surface area contributed by atoms with E-state index < -0.39 is 11.8 Å². The molecule has 7 heteroatoms. The van der Waals surface area contributed by atoms with Crippen molar-refractivity contribution in [3.05, 3.63) is 54.0 Å². The molecule has 0 spiro atoms. The summed E-state index contributed by atoms with van der Waals surface area (Å²) in [6, 6.07) is 11.7. The minimum absolute atomic E-state index is 0.0491. The average molecular weight is 359 g/mol. The Morgan fingerprint density at radius 2 is 1.73 bits per heavy atom. The molecule has 3 N–H and O–H groups in total. The van der Waals surface area contributed by atoms with Crippen LogP contribution in [0.25, 0.3) is 0 Å². The Balaban J connectivity index is 1.90. The molecule has 1 heterocycles. The molecule has 140 valence electrons. The second-order valence-electron chi connectivity index (χ2n) is 6.59. The molecule has 0 saturated heterocycles. The molecule has 2 aromatic rings. The molecule has 2 rings (SSSR count). The number of rotatable bonds is 7. The van der Waals surface area contributed by atoms with E-state index in [4.69, 9.17) is 4.42 Å². The largest absolute Gasteiger partial charge is 0.467 e. The van der Waals surface area contributed by atoms with Gasteiger partial charge in [0.05, 0.1) is 33.4 Å². The van der Waals surface area contributed by atoms with Crippen LogP contribution in [0.15, 0.2) is 47.1 Å². The zero-order chi connectivity index (χ0) is 19.1. The van der Waals surface area contributed by atoms with E-state index in [0.717, 1.165) is 11.3 Å². The predicted molar refractivity (Wildman–Crippen MR) is 99.9 cm³/mol. The van der Waals surface area contributed by atoms with E-state index in [-0.39, 0.29) is 12.6 Å². The standard InChI is InChI=1S/C19H26N4O3/c1-22(2)15-9-7-14(8-10-15)17(23(3)4)13-21-19(25)18(24)20-12-16-6-5-11-26-16/h5-11,17H,12-13H2,1-4H3,(H,20,24)(H,21,25)/p+1/t17-/m0/s1. The van der Waals surface area contributed by atoms with E-state index in [0.29, 0.717) is 12.3 Å². The second kappa shape index (κ2) is 9.05. The van der Waals surface area contributed by atoms with Crippen LogP contribution in [0.2, 0.25) is 0 Å². The summed E-state index contributed by atoms with van der Waals surface area (Å²) in [4.78, 5) is 27.1. The molecular weight excluding hydrogens is 332 g/mol. The van der Waals surface area contributed by atoms with Crippen molar-refractivity contribution in [2.75, 3.05) is 39.6 Å². The minimum atomic E-state index is -0.670. The lowest BCUT2D eigenvalue weighted by Crippen LogP contribution is -3.07. The van der Waals surface area contributed by atoms with Crippen LogP contribution in [0.3, 0.4) is 0 Å².